The summed E-state index contributed by atoms with van der Waals surface area (Å²) in [7, 11) is 0. The predicted octanol–water partition coefficient (Wildman–Crippen LogP) is 2.36. The molecular weight excluding hydrogens is 308 g/mol. The van der Waals surface area contributed by atoms with Crippen LogP contribution in [0.5, 0.6) is 0 Å². The lowest BCUT2D eigenvalue weighted by Crippen LogP contribution is -2.49. The van der Waals surface area contributed by atoms with Gasteiger partial charge in [-0.25, -0.2) is 0 Å². The van der Waals surface area contributed by atoms with Crippen LogP contribution in [-0.2, 0) is 11.2 Å². The van der Waals surface area contributed by atoms with Crippen molar-refractivity contribution in [1.82, 2.24) is 20.3 Å². The summed E-state index contributed by atoms with van der Waals surface area (Å²) in [4.78, 5) is 16.2. The fourth-order valence-electron chi connectivity index (χ4n) is 3.13. The molecule has 2 heterocycles. The van der Waals surface area contributed by atoms with E-state index in [2.05, 4.69) is 16.4 Å². The van der Waals surface area contributed by atoms with Gasteiger partial charge in [-0.05, 0) is 44.1 Å². The van der Waals surface area contributed by atoms with Crippen LogP contribution in [0, 0.1) is 6.92 Å². The molecule has 2 aromatic rings. The summed E-state index contributed by atoms with van der Waals surface area (Å²) < 4.78 is 0. The van der Waals surface area contributed by atoms with Crippen molar-refractivity contribution in [2.45, 2.75) is 26.7 Å². The van der Waals surface area contributed by atoms with Gasteiger partial charge in [-0.15, -0.1) is 0 Å². The number of aryl methyl sites for hydroxylation is 1. The van der Waals surface area contributed by atoms with E-state index in [-0.39, 0.29) is 5.91 Å². The Morgan fingerprint density at radius 3 is 2.83 bits per heavy atom. The van der Waals surface area contributed by atoms with Gasteiger partial charge in [-0.3, -0.25) is 14.8 Å². The van der Waals surface area contributed by atoms with Crippen LogP contribution in [-0.4, -0.2) is 45.7 Å². The first kappa shape index (κ1) is 15.8. The molecule has 1 aromatic carbocycles. The molecule has 3 rings (SSSR count). The van der Waals surface area contributed by atoms with E-state index in [9.17, 15) is 4.79 Å². The molecule has 1 aromatic heterocycles. The Kier molecular flexibility index (Phi) is 4.52. The standard InChI is InChI=1S/C17H22N4OS/c1-3-18-17(23)21-10-6-9-20(21)16(22)11-14-12(2)19-15-8-5-4-7-13(14)15/h4-5,7-8,19H,3,6,9-11H2,1-2H3,(H,18,23). The van der Waals surface area contributed by atoms with Gasteiger partial charge in [0.2, 0.25) is 5.91 Å². The molecule has 1 aliphatic rings. The molecule has 5 nitrogen and oxygen atoms in total. The van der Waals surface area contributed by atoms with E-state index in [1.54, 1.807) is 5.01 Å². The molecule has 2 N–H and O–H groups in total. The van der Waals surface area contributed by atoms with Crippen molar-refractivity contribution in [3.8, 4) is 0 Å². The van der Waals surface area contributed by atoms with E-state index in [4.69, 9.17) is 12.2 Å². The molecule has 1 fully saturated rings. The number of hydrazine groups is 1. The maximum Gasteiger partial charge on any atom is 0.245 e. The third-order valence-corrected chi connectivity index (χ3v) is 4.59. The minimum atomic E-state index is 0.0932. The summed E-state index contributed by atoms with van der Waals surface area (Å²) in [5, 5.41) is 8.56. The highest BCUT2D eigenvalue weighted by Crippen LogP contribution is 2.23. The average Bonchev–Trinajstić information content (AvgIpc) is 3.13. The van der Waals surface area contributed by atoms with Gasteiger partial charge in [-0.1, -0.05) is 18.2 Å². The largest absolute Gasteiger partial charge is 0.361 e. The first-order chi connectivity index (χ1) is 11.1. The molecular formula is C17H22N4OS. The zero-order valence-electron chi connectivity index (χ0n) is 13.6. The van der Waals surface area contributed by atoms with Crippen LogP contribution >= 0.6 is 12.2 Å². The number of para-hydroxylation sites is 1. The molecule has 1 saturated heterocycles. The van der Waals surface area contributed by atoms with Crippen molar-refractivity contribution in [3.63, 3.8) is 0 Å². The molecule has 0 atom stereocenters. The van der Waals surface area contributed by atoms with Gasteiger partial charge in [0.05, 0.1) is 6.42 Å². The topological polar surface area (TPSA) is 51.4 Å². The molecule has 23 heavy (non-hydrogen) atoms. The lowest BCUT2D eigenvalue weighted by molar-refractivity contribution is -0.138. The molecule has 0 spiro atoms. The van der Waals surface area contributed by atoms with E-state index in [1.165, 1.54) is 0 Å². The minimum absolute atomic E-state index is 0.0932. The van der Waals surface area contributed by atoms with Crippen molar-refractivity contribution in [2.75, 3.05) is 19.6 Å². The third-order valence-electron chi connectivity index (χ3n) is 4.24. The maximum atomic E-state index is 12.8. The Morgan fingerprint density at radius 1 is 1.30 bits per heavy atom. The van der Waals surface area contributed by atoms with Crippen molar-refractivity contribution in [1.29, 1.82) is 0 Å². The molecule has 1 aliphatic heterocycles. The van der Waals surface area contributed by atoms with E-state index in [0.29, 0.717) is 11.5 Å². The van der Waals surface area contributed by atoms with Crippen LogP contribution in [0.4, 0.5) is 0 Å². The summed E-state index contributed by atoms with van der Waals surface area (Å²) >= 11 is 5.37. The number of thiocarbonyl (C=S) groups is 1. The number of carbonyl (C=O) groups excluding carboxylic acids is 1. The molecule has 1 amide bonds. The van der Waals surface area contributed by atoms with Crippen LogP contribution in [0.2, 0.25) is 0 Å². The van der Waals surface area contributed by atoms with Crippen LogP contribution in [0.1, 0.15) is 24.6 Å². The van der Waals surface area contributed by atoms with Gasteiger partial charge in [0, 0.05) is 36.2 Å². The lowest BCUT2D eigenvalue weighted by Gasteiger charge is -2.30. The fraction of sp³-hybridized carbons (Fsp3) is 0.412. The highest BCUT2D eigenvalue weighted by atomic mass is 32.1. The van der Waals surface area contributed by atoms with Gasteiger partial charge in [0.1, 0.15) is 0 Å². The molecule has 0 saturated carbocycles. The summed E-state index contributed by atoms with van der Waals surface area (Å²) in [5.41, 5.74) is 3.21. The number of rotatable bonds is 3. The van der Waals surface area contributed by atoms with Crippen LogP contribution < -0.4 is 5.32 Å². The van der Waals surface area contributed by atoms with Crippen LogP contribution in [0.15, 0.2) is 24.3 Å². The van der Waals surface area contributed by atoms with Crippen molar-refractivity contribution >= 4 is 34.1 Å². The second-order valence-corrected chi connectivity index (χ2v) is 6.17. The summed E-state index contributed by atoms with van der Waals surface area (Å²) in [6, 6.07) is 8.11. The number of benzene rings is 1. The number of fused-ring (bicyclic) bond motifs is 1. The predicted molar refractivity (Wildman–Crippen MR) is 96.1 cm³/mol. The molecule has 0 aliphatic carbocycles. The summed E-state index contributed by atoms with van der Waals surface area (Å²) in [6.45, 7) is 6.31. The average molecular weight is 330 g/mol. The number of carbonyl (C=O) groups is 1. The highest BCUT2D eigenvalue weighted by Gasteiger charge is 2.29. The molecule has 0 unspecified atom stereocenters. The smallest absolute Gasteiger partial charge is 0.245 e. The van der Waals surface area contributed by atoms with Gasteiger partial charge in [0.25, 0.3) is 0 Å². The van der Waals surface area contributed by atoms with Crippen molar-refractivity contribution in [3.05, 3.63) is 35.5 Å². The molecule has 0 radical (unpaired) electrons. The summed E-state index contributed by atoms with van der Waals surface area (Å²) in [5.74, 6) is 0.0932. The Bertz CT molecular complexity index is 739. The quantitative estimate of drug-likeness (QED) is 0.849. The van der Waals surface area contributed by atoms with Gasteiger partial charge < -0.3 is 10.3 Å². The molecule has 0 bridgehead atoms. The van der Waals surface area contributed by atoms with E-state index in [0.717, 1.165) is 48.2 Å². The number of nitrogens with one attached hydrogen (secondary N) is 2. The normalized spacial score (nSPS) is 14.5. The van der Waals surface area contributed by atoms with Gasteiger partial charge in [0.15, 0.2) is 5.11 Å². The fourth-order valence-corrected chi connectivity index (χ4v) is 3.46. The van der Waals surface area contributed by atoms with Crippen LogP contribution in [0.3, 0.4) is 0 Å². The molecule has 6 heteroatoms. The highest BCUT2D eigenvalue weighted by molar-refractivity contribution is 7.80. The third kappa shape index (κ3) is 3.03. The first-order valence-electron chi connectivity index (χ1n) is 8.03. The van der Waals surface area contributed by atoms with Crippen LogP contribution in [0.25, 0.3) is 10.9 Å². The van der Waals surface area contributed by atoms with Gasteiger partial charge in [-0.2, -0.15) is 0 Å². The first-order valence-corrected chi connectivity index (χ1v) is 8.44. The summed E-state index contributed by atoms with van der Waals surface area (Å²) in [6.07, 6.45) is 1.34. The second-order valence-electron chi connectivity index (χ2n) is 5.78. The monoisotopic (exact) mass is 330 g/mol. The number of nitrogens with zero attached hydrogens (tertiary/aromatic N) is 2. The second kappa shape index (κ2) is 6.58. The lowest BCUT2D eigenvalue weighted by atomic mass is 10.1. The Balaban J connectivity index is 1.80. The SMILES string of the molecule is CCNC(=S)N1CCCN1C(=O)Cc1c(C)[nH]c2ccccc12. The zero-order chi connectivity index (χ0) is 16.4. The number of H-pyrrole nitrogens is 1. The Morgan fingerprint density at radius 2 is 2.04 bits per heavy atom. The van der Waals surface area contributed by atoms with Crippen molar-refractivity contribution < 1.29 is 4.79 Å². The minimum Gasteiger partial charge on any atom is -0.361 e. The Hall–Kier alpha value is -2.08. The number of aromatic amines is 1. The van der Waals surface area contributed by atoms with Crippen molar-refractivity contribution in [2.24, 2.45) is 0 Å². The van der Waals surface area contributed by atoms with E-state index in [1.807, 2.05) is 37.1 Å². The Labute approximate surface area is 141 Å². The number of hydrogen-bond donors (Lipinski definition) is 2. The zero-order valence-corrected chi connectivity index (χ0v) is 14.4. The number of aromatic nitrogens is 1. The number of hydrogen-bond acceptors (Lipinski definition) is 2. The van der Waals surface area contributed by atoms with E-state index < -0.39 is 0 Å². The molecule has 122 valence electrons. The maximum absolute atomic E-state index is 12.8. The van der Waals surface area contributed by atoms with Gasteiger partial charge >= 0.3 is 0 Å². The van der Waals surface area contributed by atoms with E-state index >= 15 is 0 Å². The number of amides is 1.